The molecular weight excluding hydrogens is 548 g/mol. The quantitative estimate of drug-likeness (QED) is 0.342. The summed E-state index contributed by atoms with van der Waals surface area (Å²) in [5.41, 5.74) is 1.54. The van der Waals surface area contributed by atoms with E-state index >= 15 is 0 Å². The predicted molar refractivity (Wildman–Crippen MR) is 149 cm³/mol. The van der Waals surface area contributed by atoms with Crippen LogP contribution in [0.15, 0.2) is 57.8 Å². The molecule has 4 amide bonds. The number of amides is 4. The molecule has 0 saturated carbocycles. The number of aromatic nitrogens is 2. The molecule has 220 valence electrons. The number of likely N-dealkylation sites (tertiary alicyclic amines) is 1. The Balaban J connectivity index is 1.22. The van der Waals surface area contributed by atoms with E-state index in [2.05, 4.69) is 20.0 Å². The SMILES string of the molecule is CN(CC(=O)N1CCCC1)C(=O)c1cccc(N2CCOC(C(O)C(=O)Nc3ccc(-c4noc(=O)[nH]4)cc3)C2=O)c1. The lowest BCUT2D eigenvalue weighted by molar-refractivity contribution is -0.150. The van der Waals surface area contributed by atoms with Gasteiger partial charge in [0.25, 0.3) is 17.7 Å². The van der Waals surface area contributed by atoms with Crippen molar-refractivity contribution in [3.8, 4) is 11.4 Å². The number of H-pyrrole nitrogens is 1. The number of nitrogens with one attached hydrogen (secondary N) is 2. The van der Waals surface area contributed by atoms with E-state index in [1.165, 1.54) is 28.0 Å². The molecular formula is C28H30N6O8. The summed E-state index contributed by atoms with van der Waals surface area (Å²) in [4.78, 5) is 69.6. The van der Waals surface area contributed by atoms with Crippen LogP contribution in [0.3, 0.4) is 0 Å². The second kappa shape index (κ2) is 12.4. The smallest absolute Gasteiger partial charge is 0.380 e. The van der Waals surface area contributed by atoms with Gasteiger partial charge in [-0.15, -0.1) is 0 Å². The van der Waals surface area contributed by atoms with Gasteiger partial charge < -0.3 is 29.9 Å². The highest BCUT2D eigenvalue weighted by atomic mass is 16.5. The minimum Gasteiger partial charge on any atom is -0.380 e. The summed E-state index contributed by atoms with van der Waals surface area (Å²) >= 11 is 0. The molecule has 2 fully saturated rings. The number of aliphatic hydroxyl groups is 1. The van der Waals surface area contributed by atoms with Gasteiger partial charge in [-0.05, 0) is 55.3 Å². The van der Waals surface area contributed by atoms with E-state index in [0.29, 0.717) is 30.0 Å². The summed E-state index contributed by atoms with van der Waals surface area (Å²) < 4.78 is 9.95. The van der Waals surface area contributed by atoms with E-state index in [1.54, 1.807) is 42.3 Å². The minimum absolute atomic E-state index is 0.0494. The van der Waals surface area contributed by atoms with Gasteiger partial charge in [-0.25, -0.2) is 4.79 Å². The average molecular weight is 579 g/mol. The van der Waals surface area contributed by atoms with E-state index in [-0.39, 0.29) is 42.9 Å². The van der Waals surface area contributed by atoms with Crippen LogP contribution < -0.4 is 16.0 Å². The highest BCUT2D eigenvalue weighted by Gasteiger charge is 2.39. The molecule has 0 spiro atoms. The molecule has 2 unspecified atom stereocenters. The summed E-state index contributed by atoms with van der Waals surface area (Å²) in [5, 5.41) is 16.8. The van der Waals surface area contributed by atoms with Crippen molar-refractivity contribution in [1.82, 2.24) is 19.9 Å². The van der Waals surface area contributed by atoms with Crippen molar-refractivity contribution >= 4 is 35.0 Å². The largest absolute Gasteiger partial charge is 0.439 e. The number of morpholine rings is 1. The summed E-state index contributed by atoms with van der Waals surface area (Å²) in [6.07, 6.45) is -1.38. The molecule has 42 heavy (non-hydrogen) atoms. The third kappa shape index (κ3) is 6.24. The number of ether oxygens (including phenoxy) is 1. The van der Waals surface area contributed by atoms with Gasteiger partial charge in [-0.1, -0.05) is 11.2 Å². The number of hydrogen-bond donors (Lipinski definition) is 3. The number of likely N-dealkylation sites (N-methyl/N-ethyl adjacent to an activating group) is 1. The topological polar surface area (TPSA) is 178 Å². The molecule has 3 heterocycles. The molecule has 3 N–H and O–H groups in total. The second-order valence-electron chi connectivity index (χ2n) is 10.0. The zero-order valence-electron chi connectivity index (χ0n) is 22.8. The molecule has 2 aliphatic heterocycles. The number of aromatic amines is 1. The van der Waals surface area contributed by atoms with Gasteiger partial charge >= 0.3 is 5.76 Å². The normalized spacial score (nSPS) is 17.7. The number of aliphatic hydroxyl groups excluding tert-OH is 1. The Kier molecular flexibility index (Phi) is 8.45. The summed E-state index contributed by atoms with van der Waals surface area (Å²) in [6.45, 7) is 1.54. The molecule has 2 saturated heterocycles. The predicted octanol–water partition coefficient (Wildman–Crippen LogP) is 0.456. The van der Waals surface area contributed by atoms with Gasteiger partial charge in [0.05, 0.1) is 13.2 Å². The zero-order chi connectivity index (χ0) is 29.8. The summed E-state index contributed by atoms with van der Waals surface area (Å²) in [5.74, 6) is -2.47. The Morgan fingerprint density at radius 3 is 2.55 bits per heavy atom. The zero-order valence-corrected chi connectivity index (χ0v) is 22.8. The lowest BCUT2D eigenvalue weighted by Crippen LogP contribution is -2.55. The average Bonchev–Trinajstić information content (AvgIpc) is 3.69. The molecule has 14 nitrogen and oxygen atoms in total. The van der Waals surface area contributed by atoms with Crippen LogP contribution in [-0.4, -0.2) is 101 Å². The second-order valence-corrected chi connectivity index (χ2v) is 10.0. The molecule has 0 radical (unpaired) electrons. The van der Waals surface area contributed by atoms with Gasteiger partial charge in [0.2, 0.25) is 5.91 Å². The lowest BCUT2D eigenvalue weighted by atomic mass is 10.1. The lowest BCUT2D eigenvalue weighted by Gasteiger charge is -2.34. The number of hydrogen-bond acceptors (Lipinski definition) is 9. The monoisotopic (exact) mass is 578 g/mol. The Labute approximate surface area is 239 Å². The first-order valence-corrected chi connectivity index (χ1v) is 13.4. The molecule has 14 heteroatoms. The fraction of sp³-hybridized carbons (Fsp3) is 0.357. The maximum Gasteiger partial charge on any atom is 0.439 e. The first-order valence-electron chi connectivity index (χ1n) is 13.4. The van der Waals surface area contributed by atoms with Crippen molar-refractivity contribution in [3.63, 3.8) is 0 Å². The third-order valence-electron chi connectivity index (χ3n) is 7.13. The van der Waals surface area contributed by atoms with Crippen LogP contribution in [0.1, 0.15) is 23.2 Å². The summed E-state index contributed by atoms with van der Waals surface area (Å²) in [7, 11) is 1.55. The highest BCUT2D eigenvalue weighted by molar-refractivity contribution is 6.04. The molecule has 2 aliphatic rings. The van der Waals surface area contributed by atoms with Crippen LogP contribution in [0.4, 0.5) is 11.4 Å². The Bertz CT molecular complexity index is 1530. The van der Waals surface area contributed by atoms with Gasteiger partial charge in [0.15, 0.2) is 18.0 Å². The van der Waals surface area contributed by atoms with Crippen LogP contribution in [0, 0.1) is 0 Å². The van der Waals surface area contributed by atoms with Gasteiger partial charge in [-0.2, -0.15) is 0 Å². The Hall–Kier alpha value is -4.82. The number of nitrogens with zero attached hydrogens (tertiary/aromatic N) is 4. The van der Waals surface area contributed by atoms with E-state index in [0.717, 1.165) is 12.8 Å². The molecule has 5 rings (SSSR count). The van der Waals surface area contributed by atoms with Crippen LogP contribution in [0.25, 0.3) is 11.4 Å². The van der Waals surface area contributed by atoms with Crippen LogP contribution in [0.5, 0.6) is 0 Å². The highest BCUT2D eigenvalue weighted by Crippen LogP contribution is 2.23. The van der Waals surface area contributed by atoms with Gasteiger partial charge in [-0.3, -0.25) is 28.7 Å². The van der Waals surface area contributed by atoms with Crippen molar-refractivity contribution in [2.45, 2.75) is 25.0 Å². The minimum atomic E-state index is -1.82. The van der Waals surface area contributed by atoms with Gasteiger partial charge in [0.1, 0.15) is 0 Å². The maximum atomic E-state index is 13.3. The molecule has 2 aromatic carbocycles. The number of carbonyl (C=O) groups is 4. The standard InChI is InChI=1S/C28H30N6O8/c1-32(16-21(35)33-11-2-3-12-33)26(38)18-5-4-6-20(15-18)34-13-14-41-23(27(34)39)22(36)25(37)29-19-9-7-17(8-10-19)24-30-28(40)42-31-24/h4-10,15,22-23,36H,2-3,11-14,16H2,1H3,(H,29,37)(H,30,31,40). The molecule has 0 aliphatic carbocycles. The maximum absolute atomic E-state index is 13.3. The van der Waals surface area contributed by atoms with Crippen molar-refractivity contribution in [2.75, 3.05) is 50.1 Å². The molecule has 3 aromatic rings. The fourth-order valence-electron chi connectivity index (χ4n) is 4.88. The molecule has 0 bridgehead atoms. The molecule has 1 aromatic heterocycles. The van der Waals surface area contributed by atoms with Crippen molar-refractivity contribution in [2.24, 2.45) is 0 Å². The number of benzene rings is 2. The van der Waals surface area contributed by atoms with E-state index in [1.807, 2.05) is 0 Å². The van der Waals surface area contributed by atoms with Crippen molar-refractivity contribution in [1.29, 1.82) is 0 Å². The van der Waals surface area contributed by atoms with Gasteiger partial charge in [0, 0.05) is 49.2 Å². The Morgan fingerprint density at radius 2 is 1.86 bits per heavy atom. The van der Waals surface area contributed by atoms with Crippen molar-refractivity contribution < 1.29 is 33.5 Å². The third-order valence-corrected chi connectivity index (χ3v) is 7.13. The van der Waals surface area contributed by atoms with E-state index in [9.17, 15) is 29.1 Å². The number of anilines is 2. The van der Waals surface area contributed by atoms with Crippen LogP contribution in [0.2, 0.25) is 0 Å². The first-order chi connectivity index (χ1) is 20.2. The van der Waals surface area contributed by atoms with E-state index in [4.69, 9.17) is 4.74 Å². The fourth-order valence-corrected chi connectivity index (χ4v) is 4.88. The Morgan fingerprint density at radius 1 is 1.12 bits per heavy atom. The number of rotatable bonds is 8. The van der Waals surface area contributed by atoms with Crippen molar-refractivity contribution in [3.05, 3.63) is 64.6 Å². The number of carbonyl (C=O) groups excluding carboxylic acids is 4. The first kappa shape index (κ1) is 28.7. The van der Waals surface area contributed by atoms with Crippen LogP contribution in [-0.2, 0) is 19.1 Å². The van der Waals surface area contributed by atoms with E-state index < -0.39 is 29.8 Å². The van der Waals surface area contributed by atoms with Crippen LogP contribution >= 0.6 is 0 Å². The summed E-state index contributed by atoms with van der Waals surface area (Å²) in [6, 6.07) is 12.6. The molecule has 2 atom stereocenters.